The predicted octanol–water partition coefficient (Wildman–Crippen LogP) is 4.40. The van der Waals surface area contributed by atoms with E-state index in [1.165, 1.54) is 42.5 Å². The zero-order valence-electron chi connectivity index (χ0n) is 17.7. The number of hydrogen-bond donors (Lipinski definition) is 1. The SMILES string of the molecule is CCOc1ccc(CCNS(=O)(=O)c2cc(S(=O)(=O)c3ccc(Cl)cc3)ccc2C)cc1. The first-order chi connectivity index (χ1) is 15.1. The molecule has 32 heavy (non-hydrogen) atoms. The van der Waals surface area contributed by atoms with Crippen molar-refractivity contribution in [3.05, 3.63) is 82.9 Å². The van der Waals surface area contributed by atoms with Gasteiger partial charge in [0.15, 0.2) is 0 Å². The molecule has 0 radical (unpaired) electrons. The summed E-state index contributed by atoms with van der Waals surface area (Å²) in [5.74, 6) is 0.756. The number of hydrogen-bond acceptors (Lipinski definition) is 5. The monoisotopic (exact) mass is 493 g/mol. The summed E-state index contributed by atoms with van der Waals surface area (Å²) in [6.45, 7) is 4.27. The van der Waals surface area contributed by atoms with Gasteiger partial charge in [-0.3, -0.25) is 0 Å². The fourth-order valence-corrected chi connectivity index (χ4v) is 5.90. The van der Waals surface area contributed by atoms with Crippen molar-refractivity contribution in [3.63, 3.8) is 0 Å². The minimum absolute atomic E-state index is 0.0394. The molecule has 6 nitrogen and oxygen atoms in total. The van der Waals surface area contributed by atoms with E-state index in [1.807, 2.05) is 31.2 Å². The van der Waals surface area contributed by atoms with Crippen LogP contribution >= 0.6 is 11.6 Å². The van der Waals surface area contributed by atoms with E-state index in [0.717, 1.165) is 11.3 Å². The highest BCUT2D eigenvalue weighted by Gasteiger charge is 2.23. The third-order valence-corrected chi connectivity index (χ3v) is 8.45. The van der Waals surface area contributed by atoms with Gasteiger partial charge >= 0.3 is 0 Å². The standard InChI is InChI=1S/C23H24ClNO5S2/c1-3-30-20-9-5-18(6-10-20)14-15-25-32(28,29)23-16-22(11-4-17(23)2)31(26,27)21-12-7-19(24)8-13-21/h4-13,16,25H,3,14-15H2,1-2H3. The van der Waals surface area contributed by atoms with Crippen molar-refractivity contribution in [2.24, 2.45) is 0 Å². The van der Waals surface area contributed by atoms with Crippen LogP contribution in [0.5, 0.6) is 5.75 Å². The number of aryl methyl sites for hydroxylation is 1. The molecule has 0 amide bonds. The summed E-state index contributed by atoms with van der Waals surface area (Å²) in [6, 6.07) is 17.2. The molecule has 0 saturated heterocycles. The third-order valence-electron chi connectivity index (χ3n) is 4.82. The topological polar surface area (TPSA) is 89.5 Å². The highest BCUT2D eigenvalue weighted by Crippen LogP contribution is 2.26. The molecule has 0 heterocycles. The van der Waals surface area contributed by atoms with Crippen molar-refractivity contribution in [2.45, 2.75) is 35.0 Å². The normalized spacial score (nSPS) is 12.0. The number of sulfone groups is 1. The van der Waals surface area contributed by atoms with E-state index in [4.69, 9.17) is 16.3 Å². The van der Waals surface area contributed by atoms with E-state index in [2.05, 4.69) is 4.72 Å². The summed E-state index contributed by atoms with van der Waals surface area (Å²) in [5, 5.41) is 0.410. The van der Waals surface area contributed by atoms with Crippen molar-refractivity contribution in [1.29, 1.82) is 0 Å². The highest BCUT2D eigenvalue weighted by atomic mass is 35.5. The molecule has 0 aliphatic carbocycles. The Morgan fingerprint density at radius 2 is 1.50 bits per heavy atom. The van der Waals surface area contributed by atoms with Crippen molar-refractivity contribution in [1.82, 2.24) is 4.72 Å². The van der Waals surface area contributed by atoms with Crippen molar-refractivity contribution < 1.29 is 21.6 Å². The lowest BCUT2D eigenvalue weighted by Crippen LogP contribution is -2.27. The largest absolute Gasteiger partial charge is 0.494 e. The van der Waals surface area contributed by atoms with Gasteiger partial charge in [0.2, 0.25) is 19.9 Å². The van der Waals surface area contributed by atoms with E-state index in [1.54, 1.807) is 6.92 Å². The lowest BCUT2D eigenvalue weighted by molar-refractivity contribution is 0.340. The fourth-order valence-electron chi connectivity index (χ4n) is 3.11. The Morgan fingerprint density at radius 1 is 0.875 bits per heavy atom. The van der Waals surface area contributed by atoms with Gasteiger partial charge in [-0.2, -0.15) is 0 Å². The molecule has 0 saturated carbocycles. The summed E-state index contributed by atoms with van der Waals surface area (Å²) in [7, 11) is -7.80. The van der Waals surface area contributed by atoms with Crippen LogP contribution in [-0.2, 0) is 26.3 Å². The van der Waals surface area contributed by atoms with Gasteiger partial charge in [-0.05, 0) is 79.9 Å². The fraction of sp³-hybridized carbons (Fsp3) is 0.217. The van der Waals surface area contributed by atoms with E-state index in [9.17, 15) is 16.8 Å². The minimum Gasteiger partial charge on any atom is -0.494 e. The molecule has 0 aliphatic heterocycles. The molecule has 0 aliphatic rings. The Balaban J connectivity index is 1.78. The molecule has 0 bridgehead atoms. The molecular weight excluding hydrogens is 470 g/mol. The first-order valence-corrected chi connectivity index (χ1v) is 13.3. The van der Waals surface area contributed by atoms with Crippen LogP contribution in [0, 0.1) is 6.92 Å². The third kappa shape index (κ3) is 5.69. The lowest BCUT2D eigenvalue weighted by atomic mass is 10.1. The molecule has 1 N–H and O–H groups in total. The molecule has 0 spiro atoms. The predicted molar refractivity (Wildman–Crippen MR) is 125 cm³/mol. The zero-order valence-corrected chi connectivity index (χ0v) is 20.1. The molecule has 3 aromatic rings. The van der Waals surface area contributed by atoms with Crippen LogP contribution in [0.3, 0.4) is 0 Å². The summed E-state index contributed by atoms with van der Waals surface area (Å²) in [4.78, 5) is -0.130. The second kappa shape index (κ2) is 10.0. The number of nitrogens with one attached hydrogen (secondary N) is 1. The summed E-state index contributed by atoms with van der Waals surface area (Å²) >= 11 is 5.84. The van der Waals surface area contributed by atoms with E-state index in [0.29, 0.717) is 23.6 Å². The van der Waals surface area contributed by atoms with Gasteiger partial charge in [-0.25, -0.2) is 21.6 Å². The number of sulfonamides is 1. The molecule has 3 aromatic carbocycles. The maximum absolute atomic E-state index is 12.9. The van der Waals surface area contributed by atoms with Gasteiger partial charge in [0.05, 0.1) is 21.3 Å². The maximum Gasteiger partial charge on any atom is 0.240 e. The van der Waals surface area contributed by atoms with Gasteiger partial charge in [0, 0.05) is 11.6 Å². The smallest absolute Gasteiger partial charge is 0.240 e. The second-order valence-corrected chi connectivity index (χ2v) is 11.2. The van der Waals surface area contributed by atoms with Crippen LogP contribution in [-0.4, -0.2) is 30.0 Å². The zero-order chi connectivity index (χ0) is 23.4. The number of benzene rings is 3. The number of halogens is 1. The van der Waals surface area contributed by atoms with Crippen LogP contribution in [0.1, 0.15) is 18.1 Å². The number of ether oxygens (including phenoxy) is 1. The highest BCUT2D eigenvalue weighted by molar-refractivity contribution is 7.91. The van der Waals surface area contributed by atoms with Crippen LogP contribution in [0.15, 0.2) is 81.4 Å². The van der Waals surface area contributed by atoms with E-state index >= 15 is 0 Å². The van der Waals surface area contributed by atoms with Crippen LogP contribution in [0.2, 0.25) is 5.02 Å². The average Bonchev–Trinajstić information content (AvgIpc) is 2.75. The van der Waals surface area contributed by atoms with Crippen LogP contribution in [0.25, 0.3) is 0 Å². The summed E-state index contributed by atoms with van der Waals surface area (Å²) in [5.41, 5.74) is 1.40. The Hall–Kier alpha value is -2.39. The number of rotatable bonds is 9. The molecule has 3 rings (SSSR count). The van der Waals surface area contributed by atoms with Crippen molar-refractivity contribution in [2.75, 3.05) is 13.2 Å². The minimum atomic E-state index is -3.91. The van der Waals surface area contributed by atoms with E-state index < -0.39 is 19.9 Å². The van der Waals surface area contributed by atoms with Crippen molar-refractivity contribution in [3.8, 4) is 5.75 Å². The first kappa shape index (κ1) is 24.3. The first-order valence-electron chi connectivity index (χ1n) is 9.96. The molecule has 170 valence electrons. The average molecular weight is 494 g/mol. The van der Waals surface area contributed by atoms with Crippen LogP contribution < -0.4 is 9.46 Å². The van der Waals surface area contributed by atoms with Gasteiger partial charge in [-0.15, -0.1) is 0 Å². The molecule has 0 unspecified atom stereocenters. The van der Waals surface area contributed by atoms with Gasteiger partial charge in [0.1, 0.15) is 5.75 Å². The Bertz CT molecular complexity index is 1290. The van der Waals surface area contributed by atoms with Gasteiger partial charge in [-0.1, -0.05) is 29.8 Å². The molecule has 0 aromatic heterocycles. The Labute approximate surface area is 194 Å². The molecule has 0 atom stereocenters. The maximum atomic E-state index is 12.9. The Morgan fingerprint density at radius 3 is 2.12 bits per heavy atom. The van der Waals surface area contributed by atoms with Crippen molar-refractivity contribution >= 4 is 31.5 Å². The van der Waals surface area contributed by atoms with E-state index in [-0.39, 0.29) is 21.2 Å². The molecular formula is C23H24ClNO5S2. The quantitative estimate of drug-likeness (QED) is 0.477. The van der Waals surface area contributed by atoms with Gasteiger partial charge < -0.3 is 4.74 Å². The lowest BCUT2D eigenvalue weighted by Gasteiger charge is -2.12. The Kier molecular flexibility index (Phi) is 7.61. The second-order valence-electron chi connectivity index (χ2n) is 7.11. The summed E-state index contributed by atoms with van der Waals surface area (Å²) < 4.78 is 59.6. The summed E-state index contributed by atoms with van der Waals surface area (Å²) in [6.07, 6.45) is 0.480. The van der Waals surface area contributed by atoms with Crippen LogP contribution in [0.4, 0.5) is 0 Å². The molecule has 0 fully saturated rings. The van der Waals surface area contributed by atoms with Gasteiger partial charge in [0.25, 0.3) is 0 Å². The molecule has 9 heteroatoms.